The molecule has 0 radical (unpaired) electrons. The normalized spacial score (nSPS) is 11.7. The molecule has 1 heterocycles. The Morgan fingerprint density at radius 3 is 2.80 bits per heavy atom. The molecule has 0 saturated carbocycles. The fraction of sp³-hybridized carbons (Fsp3) is 0.158. The Balaban J connectivity index is 1.56. The zero-order valence-corrected chi connectivity index (χ0v) is 16.6. The van der Waals surface area contributed by atoms with Crippen molar-refractivity contribution in [2.45, 2.75) is 6.92 Å². The Hall–Kier alpha value is -3.50. The van der Waals surface area contributed by atoms with Gasteiger partial charge in [-0.15, -0.1) is 0 Å². The van der Waals surface area contributed by atoms with Crippen molar-refractivity contribution in [3.05, 3.63) is 70.1 Å². The second-order valence-corrected chi connectivity index (χ2v) is 6.44. The molecule has 1 aromatic heterocycles. The van der Waals surface area contributed by atoms with Crippen LogP contribution < -0.4 is 10.8 Å². The number of aliphatic imine (C=N–C) groups is 1. The molecule has 0 amide bonds. The zero-order chi connectivity index (χ0) is 21.3. The molecule has 0 unspecified atom stereocenters. The van der Waals surface area contributed by atoms with Gasteiger partial charge in [-0.1, -0.05) is 46.6 Å². The lowest BCUT2D eigenvalue weighted by atomic mass is 10.2. The smallest absolute Gasteiger partial charge is 0.202 e. The molecule has 0 fully saturated rings. The summed E-state index contributed by atoms with van der Waals surface area (Å²) in [4.78, 5) is 9.32. The predicted molar refractivity (Wildman–Crippen MR) is 110 cm³/mol. The summed E-state index contributed by atoms with van der Waals surface area (Å²) in [6, 6.07) is 11.7. The van der Waals surface area contributed by atoms with Crippen molar-refractivity contribution < 1.29 is 19.1 Å². The Morgan fingerprint density at radius 1 is 1.27 bits per heavy atom. The number of oxime groups is 1. The van der Waals surface area contributed by atoms with E-state index in [1.807, 2.05) is 36.7 Å². The first-order chi connectivity index (χ1) is 14.6. The standard InChI is InChI=1S/C19H18ClFN6O3/c1-12-2-4-13(5-3-12)11-23-29-9-8-22-18-17(26-30-27-18)19(25-28)24-14-6-7-16(21)15(20)10-14/h2-7,10-11,28H,8-9H2,1H3,(H,22,27)(H,24,25)/b23-11-. The van der Waals surface area contributed by atoms with Crippen LogP contribution in [-0.2, 0) is 4.84 Å². The molecule has 3 aromatic rings. The topological polar surface area (TPSA) is 117 Å². The summed E-state index contributed by atoms with van der Waals surface area (Å²) in [7, 11) is 0. The van der Waals surface area contributed by atoms with Gasteiger partial charge in [-0.3, -0.25) is 10.7 Å². The number of anilines is 1. The van der Waals surface area contributed by atoms with Crippen molar-refractivity contribution in [3.63, 3.8) is 0 Å². The van der Waals surface area contributed by atoms with E-state index >= 15 is 0 Å². The SMILES string of the molecule is Cc1ccc(/C=N\OCCNc2nonc2C(=Nc2ccc(F)c(Cl)c2)NO)cc1. The Bertz CT molecular complexity index is 1040. The van der Waals surface area contributed by atoms with E-state index in [1.54, 1.807) is 6.21 Å². The number of halogens is 2. The number of nitrogens with one attached hydrogen (secondary N) is 2. The van der Waals surface area contributed by atoms with E-state index in [4.69, 9.17) is 21.1 Å². The summed E-state index contributed by atoms with van der Waals surface area (Å²) >= 11 is 5.74. The molecular formula is C19H18ClFN6O3. The van der Waals surface area contributed by atoms with E-state index in [2.05, 4.69) is 25.8 Å². The monoisotopic (exact) mass is 432 g/mol. The maximum atomic E-state index is 13.3. The van der Waals surface area contributed by atoms with Crippen molar-refractivity contribution in [2.24, 2.45) is 10.1 Å². The highest BCUT2D eigenvalue weighted by Crippen LogP contribution is 2.22. The summed E-state index contributed by atoms with van der Waals surface area (Å²) in [5.74, 6) is -0.432. The van der Waals surface area contributed by atoms with Crippen molar-refractivity contribution in [2.75, 3.05) is 18.5 Å². The largest absolute Gasteiger partial charge is 0.394 e. The predicted octanol–water partition coefficient (Wildman–Crippen LogP) is 3.69. The summed E-state index contributed by atoms with van der Waals surface area (Å²) in [6.45, 7) is 2.57. The Morgan fingerprint density at radius 2 is 2.07 bits per heavy atom. The average Bonchev–Trinajstić information content (AvgIpc) is 3.21. The van der Waals surface area contributed by atoms with Crippen molar-refractivity contribution in [1.29, 1.82) is 0 Å². The van der Waals surface area contributed by atoms with Crippen LogP contribution in [0.4, 0.5) is 15.9 Å². The lowest BCUT2D eigenvalue weighted by Gasteiger charge is -2.05. The van der Waals surface area contributed by atoms with Crippen LogP contribution in [0.2, 0.25) is 5.02 Å². The highest BCUT2D eigenvalue weighted by atomic mass is 35.5. The highest BCUT2D eigenvalue weighted by molar-refractivity contribution is 6.31. The van der Waals surface area contributed by atoms with Crippen LogP contribution in [0.1, 0.15) is 16.8 Å². The van der Waals surface area contributed by atoms with Gasteiger partial charge in [0.1, 0.15) is 12.4 Å². The van der Waals surface area contributed by atoms with E-state index in [0.717, 1.165) is 17.2 Å². The van der Waals surface area contributed by atoms with Gasteiger partial charge < -0.3 is 10.2 Å². The third-order valence-corrected chi connectivity index (χ3v) is 4.09. The minimum absolute atomic E-state index is 0.0697. The molecule has 0 bridgehead atoms. The summed E-state index contributed by atoms with van der Waals surface area (Å²) in [5.41, 5.74) is 4.41. The van der Waals surface area contributed by atoms with Gasteiger partial charge in [-0.05, 0) is 41.0 Å². The van der Waals surface area contributed by atoms with E-state index in [-0.39, 0.29) is 29.0 Å². The number of amidine groups is 1. The van der Waals surface area contributed by atoms with E-state index < -0.39 is 5.82 Å². The second kappa shape index (κ2) is 10.3. The Kier molecular flexibility index (Phi) is 7.30. The molecule has 11 heteroatoms. The van der Waals surface area contributed by atoms with Gasteiger partial charge in [0.15, 0.2) is 11.5 Å². The van der Waals surface area contributed by atoms with Crippen LogP contribution in [0.5, 0.6) is 0 Å². The lowest BCUT2D eigenvalue weighted by Crippen LogP contribution is -2.22. The fourth-order valence-electron chi connectivity index (χ4n) is 2.29. The molecule has 0 atom stereocenters. The number of benzene rings is 2. The first-order valence-electron chi connectivity index (χ1n) is 8.79. The molecule has 0 spiro atoms. The van der Waals surface area contributed by atoms with Gasteiger partial charge >= 0.3 is 0 Å². The van der Waals surface area contributed by atoms with Gasteiger partial charge in [0.2, 0.25) is 5.82 Å². The number of rotatable bonds is 8. The van der Waals surface area contributed by atoms with Crippen molar-refractivity contribution >= 4 is 35.2 Å². The first kappa shape index (κ1) is 21.2. The molecule has 156 valence electrons. The van der Waals surface area contributed by atoms with Gasteiger partial charge in [-0.2, -0.15) is 0 Å². The molecule has 3 N–H and O–H groups in total. The van der Waals surface area contributed by atoms with E-state index in [9.17, 15) is 9.60 Å². The van der Waals surface area contributed by atoms with Crippen molar-refractivity contribution in [3.8, 4) is 0 Å². The average molecular weight is 433 g/mol. The molecular weight excluding hydrogens is 415 g/mol. The van der Waals surface area contributed by atoms with Gasteiger partial charge in [0.05, 0.1) is 23.5 Å². The number of aromatic nitrogens is 2. The lowest BCUT2D eigenvalue weighted by molar-refractivity contribution is 0.156. The number of hydroxylamine groups is 1. The summed E-state index contributed by atoms with van der Waals surface area (Å²) in [6.07, 6.45) is 1.61. The summed E-state index contributed by atoms with van der Waals surface area (Å²) in [5, 5.41) is 23.6. The molecule has 30 heavy (non-hydrogen) atoms. The second-order valence-electron chi connectivity index (χ2n) is 6.04. The molecule has 0 aliphatic heterocycles. The fourth-order valence-corrected chi connectivity index (χ4v) is 2.47. The zero-order valence-electron chi connectivity index (χ0n) is 15.8. The minimum atomic E-state index is -0.579. The third-order valence-electron chi connectivity index (χ3n) is 3.80. The van der Waals surface area contributed by atoms with Crippen LogP contribution in [0.25, 0.3) is 0 Å². The number of hydrogen-bond donors (Lipinski definition) is 3. The van der Waals surface area contributed by atoms with Crippen LogP contribution in [-0.4, -0.2) is 40.7 Å². The number of hydrogen-bond acceptors (Lipinski definition) is 8. The van der Waals surface area contributed by atoms with E-state index in [0.29, 0.717) is 12.2 Å². The van der Waals surface area contributed by atoms with Gasteiger partial charge in [0.25, 0.3) is 0 Å². The molecule has 2 aromatic carbocycles. The number of aryl methyl sites for hydroxylation is 1. The first-order valence-corrected chi connectivity index (χ1v) is 9.17. The maximum absolute atomic E-state index is 13.3. The Labute approximate surface area is 176 Å². The van der Waals surface area contributed by atoms with Gasteiger partial charge in [-0.25, -0.2) is 14.0 Å². The maximum Gasteiger partial charge on any atom is 0.202 e. The highest BCUT2D eigenvalue weighted by Gasteiger charge is 2.16. The van der Waals surface area contributed by atoms with Crippen LogP contribution in [0.3, 0.4) is 0 Å². The van der Waals surface area contributed by atoms with Crippen molar-refractivity contribution in [1.82, 2.24) is 15.8 Å². The third kappa shape index (κ3) is 5.75. The summed E-state index contributed by atoms with van der Waals surface area (Å²) < 4.78 is 18.0. The molecule has 0 aliphatic carbocycles. The van der Waals surface area contributed by atoms with Gasteiger partial charge in [0, 0.05) is 0 Å². The van der Waals surface area contributed by atoms with Crippen LogP contribution in [0, 0.1) is 12.7 Å². The molecule has 9 nitrogen and oxygen atoms in total. The minimum Gasteiger partial charge on any atom is -0.394 e. The number of nitrogens with zero attached hydrogens (tertiary/aromatic N) is 4. The van der Waals surface area contributed by atoms with Crippen LogP contribution >= 0.6 is 11.6 Å². The molecule has 0 aliphatic rings. The molecule has 3 rings (SSSR count). The van der Waals surface area contributed by atoms with E-state index in [1.165, 1.54) is 12.1 Å². The van der Waals surface area contributed by atoms with Crippen LogP contribution in [0.15, 0.2) is 57.2 Å². The quantitative estimate of drug-likeness (QED) is 0.215. The molecule has 0 saturated heterocycles.